The lowest BCUT2D eigenvalue weighted by atomic mass is 10.0. The molecule has 0 saturated carbocycles. The van der Waals surface area contributed by atoms with E-state index in [1.165, 1.54) is 12.1 Å². The van der Waals surface area contributed by atoms with E-state index >= 15 is 0 Å². The van der Waals surface area contributed by atoms with Crippen LogP contribution in [-0.4, -0.2) is 27.5 Å². The number of carbonyl (C=O) groups is 1. The average molecular weight is 421 g/mol. The van der Waals surface area contributed by atoms with Gasteiger partial charge in [0.1, 0.15) is 24.0 Å². The molecular formula is C23H20FN3O2S. The summed E-state index contributed by atoms with van der Waals surface area (Å²) in [6, 6.07) is 13.7. The minimum atomic E-state index is -0.327. The summed E-state index contributed by atoms with van der Waals surface area (Å²) in [6.07, 6.45) is 5.25. The fraction of sp³-hybridized carbons (Fsp3) is 0.217. The summed E-state index contributed by atoms with van der Waals surface area (Å²) in [4.78, 5) is 12.7. The maximum Gasteiger partial charge on any atom is 0.238 e. The van der Waals surface area contributed by atoms with Crippen LogP contribution >= 0.6 is 11.8 Å². The van der Waals surface area contributed by atoms with Gasteiger partial charge in [-0.1, -0.05) is 18.1 Å². The second-order valence-electron chi connectivity index (χ2n) is 6.95. The van der Waals surface area contributed by atoms with E-state index in [1.807, 2.05) is 38.1 Å². The molecule has 0 saturated heterocycles. The van der Waals surface area contributed by atoms with Gasteiger partial charge in [0.15, 0.2) is 0 Å². The van der Waals surface area contributed by atoms with Gasteiger partial charge in [0, 0.05) is 5.56 Å². The van der Waals surface area contributed by atoms with Crippen molar-refractivity contribution in [1.29, 1.82) is 0 Å². The zero-order valence-corrected chi connectivity index (χ0v) is 17.4. The molecule has 0 aliphatic carbocycles. The molecule has 7 heteroatoms. The molecule has 0 bridgehead atoms. The summed E-state index contributed by atoms with van der Waals surface area (Å²) < 4.78 is 20.5. The number of hydrogen-bond donors (Lipinski definition) is 1. The molecule has 1 amide bonds. The highest BCUT2D eigenvalue weighted by Gasteiger charge is 2.34. The zero-order chi connectivity index (χ0) is 21.3. The summed E-state index contributed by atoms with van der Waals surface area (Å²) in [5.41, 5.74) is 3.44. The Morgan fingerprint density at radius 3 is 2.60 bits per heavy atom. The molecule has 5 nitrogen and oxygen atoms in total. The van der Waals surface area contributed by atoms with Crippen LogP contribution < -0.4 is 10.1 Å². The third-order valence-electron chi connectivity index (χ3n) is 4.90. The second-order valence-corrected chi connectivity index (χ2v) is 8.40. The molecular weight excluding hydrogens is 401 g/mol. The highest BCUT2D eigenvalue weighted by molar-refractivity contribution is 8.01. The molecule has 4 rings (SSSR count). The molecule has 1 aromatic heterocycles. The van der Waals surface area contributed by atoms with Crippen LogP contribution in [0.15, 0.2) is 48.5 Å². The lowest BCUT2D eigenvalue weighted by molar-refractivity contribution is -0.115. The van der Waals surface area contributed by atoms with E-state index in [-0.39, 0.29) is 28.8 Å². The molecule has 152 valence electrons. The molecule has 1 aliphatic rings. The van der Waals surface area contributed by atoms with Crippen LogP contribution in [0.3, 0.4) is 0 Å². The predicted molar refractivity (Wildman–Crippen MR) is 117 cm³/mol. The largest absolute Gasteiger partial charge is 0.481 e. The average Bonchev–Trinajstić information content (AvgIpc) is 2.99. The number of thioether (sulfide) groups is 1. The number of halogens is 1. The van der Waals surface area contributed by atoms with Gasteiger partial charge in [-0.05, 0) is 55.8 Å². The summed E-state index contributed by atoms with van der Waals surface area (Å²) in [6.45, 7) is 4.01. The lowest BCUT2D eigenvalue weighted by Gasteiger charge is -2.18. The Labute approximate surface area is 178 Å². The van der Waals surface area contributed by atoms with Gasteiger partial charge in [0.05, 0.1) is 21.9 Å². The van der Waals surface area contributed by atoms with Gasteiger partial charge < -0.3 is 10.1 Å². The number of benzene rings is 2. The highest BCUT2D eigenvalue weighted by Crippen LogP contribution is 2.46. The Balaban J connectivity index is 1.79. The van der Waals surface area contributed by atoms with Gasteiger partial charge in [0.2, 0.25) is 5.91 Å². The maximum absolute atomic E-state index is 13.4. The maximum atomic E-state index is 13.4. The third kappa shape index (κ3) is 3.79. The molecule has 0 fully saturated rings. The fourth-order valence-electron chi connectivity index (χ4n) is 3.40. The monoisotopic (exact) mass is 421 g/mol. The lowest BCUT2D eigenvalue weighted by Crippen LogP contribution is -2.22. The molecule has 1 aliphatic heterocycles. The number of terminal acetylenes is 1. The van der Waals surface area contributed by atoms with Gasteiger partial charge in [-0.15, -0.1) is 18.2 Å². The zero-order valence-electron chi connectivity index (χ0n) is 16.6. The van der Waals surface area contributed by atoms with Crippen molar-refractivity contribution in [1.82, 2.24) is 9.78 Å². The van der Waals surface area contributed by atoms with E-state index in [0.29, 0.717) is 17.3 Å². The van der Waals surface area contributed by atoms with E-state index < -0.39 is 0 Å². The molecule has 1 N–H and O–H groups in total. The van der Waals surface area contributed by atoms with Crippen LogP contribution in [0.1, 0.15) is 29.0 Å². The number of aromatic nitrogens is 2. The van der Waals surface area contributed by atoms with Crippen LogP contribution in [0.5, 0.6) is 5.75 Å². The topological polar surface area (TPSA) is 56.1 Å². The molecule has 0 unspecified atom stereocenters. The third-order valence-corrected chi connectivity index (χ3v) is 6.30. The van der Waals surface area contributed by atoms with Crippen molar-refractivity contribution in [3.8, 4) is 23.8 Å². The van der Waals surface area contributed by atoms with Crippen LogP contribution in [0.4, 0.5) is 10.2 Å². The van der Waals surface area contributed by atoms with Crippen molar-refractivity contribution < 1.29 is 13.9 Å². The summed E-state index contributed by atoms with van der Waals surface area (Å²) >= 11 is 1.56. The Bertz CT molecular complexity index is 1120. The summed E-state index contributed by atoms with van der Waals surface area (Å²) in [5, 5.41) is 7.29. The first kappa shape index (κ1) is 20.0. The Morgan fingerprint density at radius 2 is 1.93 bits per heavy atom. The fourth-order valence-corrected chi connectivity index (χ4v) is 4.73. The van der Waals surface area contributed by atoms with Crippen molar-refractivity contribution in [2.75, 3.05) is 11.9 Å². The van der Waals surface area contributed by atoms with Gasteiger partial charge in [-0.25, -0.2) is 9.07 Å². The normalized spacial score (nSPS) is 18.1. The van der Waals surface area contributed by atoms with Gasteiger partial charge in [-0.3, -0.25) is 4.79 Å². The van der Waals surface area contributed by atoms with Crippen LogP contribution in [0.25, 0.3) is 5.69 Å². The van der Waals surface area contributed by atoms with E-state index in [2.05, 4.69) is 16.3 Å². The van der Waals surface area contributed by atoms with Crippen molar-refractivity contribution in [2.45, 2.75) is 24.3 Å². The summed E-state index contributed by atoms with van der Waals surface area (Å²) in [5.74, 6) is 3.33. The predicted octanol–water partition coefficient (Wildman–Crippen LogP) is 4.50. The number of amides is 1. The number of fused-ring (bicyclic) bond motifs is 1. The van der Waals surface area contributed by atoms with Crippen LogP contribution in [0, 0.1) is 25.1 Å². The van der Waals surface area contributed by atoms with Crippen molar-refractivity contribution in [2.24, 2.45) is 0 Å². The minimum absolute atomic E-state index is 0.0963. The SMILES string of the molecule is C#CCOc1ccc([C@@H]2S[C@@H](C)C(=O)Nc3c2c(C)nn3-c2ccc(F)cc2)cc1. The van der Waals surface area contributed by atoms with Crippen LogP contribution in [0.2, 0.25) is 0 Å². The van der Waals surface area contributed by atoms with Crippen molar-refractivity contribution in [3.05, 3.63) is 71.2 Å². The summed E-state index contributed by atoms with van der Waals surface area (Å²) in [7, 11) is 0. The number of rotatable bonds is 4. The number of carbonyl (C=O) groups excluding carboxylic acids is 1. The Kier molecular flexibility index (Phi) is 5.51. The molecule has 3 aromatic rings. The standard InChI is InChI=1S/C23H20FN3O2S/c1-4-13-29-19-11-5-16(6-12-19)21-20-14(2)26-27(18-9-7-17(24)8-10-18)22(20)25-23(28)15(3)30-21/h1,5-12,15,21H,13H2,2-3H3,(H,25,28)/t15-,21-/m0/s1. The van der Waals surface area contributed by atoms with E-state index in [0.717, 1.165) is 16.8 Å². The molecule has 2 aromatic carbocycles. The number of ether oxygens (including phenoxy) is 1. The second kappa shape index (κ2) is 8.25. The molecule has 2 heterocycles. The van der Waals surface area contributed by atoms with Crippen molar-refractivity contribution >= 4 is 23.5 Å². The smallest absolute Gasteiger partial charge is 0.238 e. The molecule has 30 heavy (non-hydrogen) atoms. The van der Waals surface area contributed by atoms with Crippen molar-refractivity contribution in [3.63, 3.8) is 0 Å². The number of aryl methyl sites for hydroxylation is 1. The van der Waals surface area contributed by atoms with Gasteiger partial charge in [0.25, 0.3) is 0 Å². The highest BCUT2D eigenvalue weighted by atomic mass is 32.2. The molecule has 2 atom stereocenters. The number of hydrogen-bond acceptors (Lipinski definition) is 4. The van der Waals surface area contributed by atoms with Gasteiger partial charge in [-0.2, -0.15) is 5.10 Å². The first-order chi connectivity index (χ1) is 14.5. The first-order valence-corrected chi connectivity index (χ1v) is 10.4. The number of anilines is 1. The van der Waals surface area contributed by atoms with E-state index in [1.54, 1.807) is 28.6 Å². The first-order valence-electron chi connectivity index (χ1n) is 9.46. The Morgan fingerprint density at radius 1 is 1.23 bits per heavy atom. The Hall–Kier alpha value is -3.24. The number of nitrogens with zero attached hydrogens (tertiary/aromatic N) is 2. The van der Waals surface area contributed by atoms with E-state index in [4.69, 9.17) is 11.2 Å². The minimum Gasteiger partial charge on any atom is -0.481 e. The van der Waals surface area contributed by atoms with Gasteiger partial charge >= 0.3 is 0 Å². The van der Waals surface area contributed by atoms with Crippen LogP contribution in [-0.2, 0) is 4.79 Å². The quantitative estimate of drug-likeness (QED) is 0.631. The van der Waals surface area contributed by atoms with E-state index in [9.17, 15) is 9.18 Å². The number of nitrogens with one attached hydrogen (secondary N) is 1. The molecule has 0 radical (unpaired) electrons. The molecule has 0 spiro atoms.